The second kappa shape index (κ2) is 9.51. The zero-order chi connectivity index (χ0) is 19.8. The Morgan fingerprint density at radius 1 is 1.26 bits per heavy atom. The Morgan fingerprint density at radius 3 is 2.63 bits per heavy atom. The van der Waals surface area contributed by atoms with Crippen LogP contribution in [0.2, 0.25) is 5.02 Å². The van der Waals surface area contributed by atoms with E-state index < -0.39 is 5.91 Å². The van der Waals surface area contributed by atoms with E-state index in [2.05, 4.69) is 0 Å². The average Bonchev–Trinajstić information content (AvgIpc) is 2.63. The summed E-state index contributed by atoms with van der Waals surface area (Å²) in [5, 5.41) is 9.22. The van der Waals surface area contributed by atoms with Gasteiger partial charge in [0.15, 0.2) is 11.5 Å². The summed E-state index contributed by atoms with van der Waals surface area (Å²) < 4.78 is 16.6. The van der Waals surface area contributed by atoms with Crippen LogP contribution in [0.1, 0.15) is 11.1 Å². The predicted octanol–water partition coefficient (Wildman–Crippen LogP) is 3.51. The fraction of sp³-hybridized carbons (Fsp3) is 0.200. The third kappa shape index (κ3) is 5.66. The molecule has 2 rings (SSSR count). The number of rotatable bonds is 8. The SMILES string of the molecule is COc1cc(/C=C(\C#N)C(N)=O)cc(Cl)c1OCCOc1cccc(C)c1. The van der Waals surface area contributed by atoms with Gasteiger partial charge in [0.05, 0.1) is 12.1 Å². The van der Waals surface area contributed by atoms with E-state index in [1.54, 1.807) is 18.2 Å². The van der Waals surface area contributed by atoms with E-state index in [9.17, 15) is 4.79 Å². The number of carbonyl (C=O) groups excluding carboxylic acids is 1. The molecule has 0 atom stereocenters. The lowest BCUT2D eigenvalue weighted by Gasteiger charge is -2.14. The monoisotopic (exact) mass is 386 g/mol. The van der Waals surface area contributed by atoms with E-state index in [1.165, 1.54) is 13.2 Å². The second-order valence-electron chi connectivity index (χ2n) is 5.58. The number of methoxy groups -OCH3 is 1. The molecule has 6 nitrogen and oxygen atoms in total. The molecule has 2 aromatic carbocycles. The standard InChI is InChI=1S/C20H19ClN2O4/c1-13-4-3-5-16(8-13)26-6-7-27-19-17(21)10-14(11-18(19)25-2)9-15(12-22)20(23)24/h3-5,8-11H,6-7H2,1-2H3,(H2,23,24)/b15-9+. The van der Waals surface area contributed by atoms with Gasteiger partial charge in [0.25, 0.3) is 5.91 Å². The highest BCUT2D eigenvalue weighted by atomic mass is 35.5. The maximum Gasteiger partial charge on any atom is 0.259 e. The highest BCUT2D eigenvalue weighted by Gasteiger charge is 2.13. The Labute approximate surface area is 162 Å². The van der Waals surface area contributed by atoms with Crippen molar-refractivity contribution < 1.29 is 19.0 Å². The van der Waals surface area contributed by atoms with Crippen molar-refractivity contribution in [3.8, 4) is 23.3 Å². The van der Waals surface area contributed by atoms with Gasteiger partial charge in [0.2, 0.25) is 0 Å². The molecule has 140 valence electrons. The molecule has 2 N–H and O–H groups in total. The minimum atomic E-state index is -0.818. The Hall–Kier alpha value is -3.17. The number of hydrogen-bond acceptors (Lipinski definition) is 5. The van der Waals surface area contributed by atoms with E-state index in [1.807, 2.05) is 31.2 Å². The number of nitrogens with zero attached hydrogens (tertiary/aromatic N) is 1. The maximum atomic E-state index is 11.2. The molecule has 0 heterocycles. The van der Waals surface area contributed by atoms with Crippen molar-refractivity contribution in [2.24, 2.45) is 5.73 Å². The van der Waals surface area contributed by atoms with Gasteiger partial charge in [0, 0.05) is 0 Å². The summed E-state index contributed by atoms with van der Waals surface area (Å²) in [5.74, 6) is 0.654. The summed E-state index contributed by atoms with van der Waals surface area (Å²) in [6, 6.07) is 12.6. The lowest BCUT2D eigenvalue weighted by Crippen LogP contribution is -2.12. The normalized spacial score (nSPS) is 10.8. The zero-order valence-electron chi connectivity index (χ0n) is 15.0. The van der Waals surface area contributed by atoms with Crippen molar-refractivity contribution in [1.29, 1.82) is 5.26 Å². The third-order valence-electron chi connectivity index (χ3n) is 3.54. The van der Waals surface area contributed by atoms with Gasteiger partial charge in [0.1, 0.15) is 30.6 Å². The van der Waals surface area contributed by atoms with Gasteiger partial charge >= 0.3 is 0 Å². The number of hydrogen-bond donors (Lipinski definition) is 1. The third-order valence-corrected chi connectivity index (χ3v) is 3.82. The van der Waals surface area contributed by atoms with Gasteiger partial charge in [-0.05, 0) is 48.4 Å². The Balaban J connectivity index is 2.08. The van der Waals surface area contributed by atoms with Crippen LogP contribution in [0.4, 0.5) is 0 Å². The van der Waals surface area contributed by atoms with Crippen LogP contribution in [0.25, 0.3) is 6.08 Å². The van der Waals surface area contributed by atoms with Gasteiger partial charge in [-0.25, -0.2) is 0 Å². The smallest absolute Gasteiger partial charge is 0.259 e. The van der Waals surface area contributed by atoms with Crippen molar-refractivity contribution in [3.05, 3.63) is 58.1 Å². The average molecular weight is 387 g/mol. The molecule has 0 saturated heterocycles. The summed E-state index contributed by atoms with van der Waals surface area (Å²) in [6.45, 7) is 2.56. The van der Waals surface area contributed by atoms with Gasteiger partial charge < -0.3 is 19.9 Å². The molecule has 0 aliphatic heterocycles. The molecule has 2 aromatic rings. The van der Waals surface area contributed by atoms with Crippen LogP contribution in [0.3, 0.4) is 0 Å². The molecule has 0 aliphatic rings. The van der Waals surface area contributed by atoms with E-state index >= 15 is 0 Å². The second-order valence-corrected chi connectivity index (χ2v) is 5.99. The summed E-state index contributed by atoms with van der Waals surface area (Å²) in [5.41, 5.74) is 6.55. The lowest BCUT2D eigenvalue weighted by molar-refractivity contribution is -0.114. The van der Waals surface area contributed by atoms with Crippen LogP contribution < -0.4 is 19.9 Å². The topological polar surface area (TPSA) is 94.6 Å². The molecule has 0 spiro atoms. The summed E-state index contributed by atoms with van der Waals surface area (Å²) in [6.07, 6.45) is 1.33. The Kier molecular flexibility index (Phi) is 7.09. The molecule has 27 heavy (non-hydrogen) atoms. The number of primary amides is 1. The highest BCUT2D eigenvalue weighted by Crippen LogP contribution is 2.37. The van der Waals surface area contributed by atoms with Crippen molar-refractivity contribution in [3.63, 3.8) is 0 Å². The zero-order valence-corrected chi connectivity index (χ0v) is 15.7. The summed E-state index contributed by atoms with van der Waals surface area (Å²) >= 11 is 6.26. The summed E-state index contributed by atoms with van der Waals surface area (Å²) in [7, 11) is 1.47. The van der Waals surface area contributed by atoms with E-state index in [0.717, 1.165) is 11.3 Å². The number of aryl methyl sites for hydroxylation is 1. The van der Waals surface area contributed by atoms with Crippen molar-refractivity contribution in [2.45, 2.75) is 6.92 Å². The molecule has 0 radical (unpaired) electrons. The number of halogens is 1. The van der Waals surface area contributed by atoms with Gasteiger partial charge in [-0.2, -0.15) is 5.26 Å². The number of benzene rings is 2. The molecule has 1 amide bonds. The molecule has 0 aliphatic carbocycles. The number of amides is 1. The van der Waals surface area contributed by atoms with Crippen molar-refractivity contribution in [2.75, 3.05) is 20.3 Å². The van der Waals surface area contributed by atoms with Crippen LogP contribution >= 0.6 is 11.6 Å². The quantitative estimate of drug-likeness (QED) is 0.425. The van der Waals surface area contributed by atoms with Crippen LogP contribution in [-0.4, -0.2) is 26.2 Å². The van der Waals surface area contributed by atoms with Gasteiger partial charge in [-0.3, -0.25) is 4.79 Å². The molecule has 0 unspecified atom stereocenters. The van der Waals surface area contributed by atoms with Crippen molar-refractivity contribution in [1.82, 2.24) is 0 Å². The fourth-order valence-electron chi connectivity index (χ4n) is 2.30. The number of carbonyl (C=O) groups is 1. The van der Waals surface area contributed by atoms with Crippen LogP contribution in [0.15, 0.2) is 42.0 Å². The lowest BCUT2D eigenvalue weighted by atomic mass is 10.1. The maximum absolute atomic E-state index is 11.2. The molecule has 7 heteroatoms. The predicted molar refractivity (Wildman–Crippen MR) is 103 cm³/mol. The first kappa shape index (κ1) is 20.1. The Morgan fingerprint density at radius 2 is 2.00 bits per heavy atom. The molecule has 0 saturated carbocycles. The van der Waals surface area contributed by atoms with Crippen molar-refractivity contribution >= 4 is 23.6 Å². The molecule has 0 bridgehead atoms. The first-order valence-electron chi connectivity index (χ1n) is 8.06. The summed E-state index contributed by atoms with van der Waals surface area (Å²) in [4.78, 5) is 11.2. The van der Waals surface area contributed by atoms with E-state index in [0.29, 0.717) is 23.7 Å². The molecule has 0 fully saturated rings. The van der Waals surface area contributed by atoms with Crippen LogP contribution in [0.5, 0.6) is 17.2 Å². The highest BCUT2D eigenvalue weighted by molar-refractivity contribution is 6.32. The Bertz CT molecular complexity index is 903. The fourth-order valence-corrected chi connectivity index (χ4v) is 2.57. The van der Waals surface area contributed by atoms with E-state index in [4.69, 9.17) is 36.8 Å². The minimum absolute atomic E-state index is 0.187. The number of nitriles is 1. The minimum Gasteiger partial charge on any atom is -0.493 e. The molecular weight excluding hydrogens is 368 g/mol. The molecule has 0 aromatic heterocycles. The largest absolute Gasteiger partial charge is 0.493 e. The number of ether oxygens (including phenoxy) is 3. The van der Waals surface area contributed by atoms with Gasteiger partial charge in [-0.15, -0.1) is 0 Å². The van der Waals surface area contributed by atoms with Crippen LogP contribution in [-0.2, 0) is 4.79 Å². The van der Waals surface area contributed by atoms with Crippen LogP contribution in [0, 0.1) is 18.3 Å². The first-order valence-corrected chi connectivity index (χ1v) is 8.43. The molecular formula is C20H19ClN2O4. The van der Waals surface area contributed by atoms with E-state index in [-0.39, 0.29) is 17.2 Å². The first-order chi connectivity index (χ1) is 12.9. The number of nitrogens with two attached hydrogens (primary N) is 1. The van der Waals surface area contributed by atoms with Gasteiger partial charge in [-0.1, -0.05) is 23.7 Å².